The number of nitrogens with zero attached hydrogens (tertiary/aromatic N) is 1. The van der Waals surface area contributed by atoms with E-state index in [4.69, 9.17) is 0 Å². The van der Waals surface area contributed by atoms with E-state index in [0.717, 1.165) is 0 Å². The Morgan fingerprint density at radius 1 is 1.30 bits per heavy atom. The Morgan fingerprint density at radius 2 is 1.90 bits per heavy atom. The molecule has 0 rings (SSSR count). The first kappa shape index (κ1) is 9.76. The van der Waals surface area contributed by atoms with E-state index in [-0.39, 0.29) is 5.41 Å². The molecule has 0 saturated heterocycles. The Morgan fingerprint density at radius 3 is 2.30 bits per heavy atom. The highest BCUT2D eigenvalue weighted by molar-refractivity contribution is 8.01. The molecule has 0 amide bonds. The van der Waals surface area contributed by atoms with Crippen molar-refractivity contribution >= 4 is 18.0 Å². The molecule has 0 bridgehead atoms. The molecule has 0 aliphatic carbocycles. The van der Waals surface area contributed by atoms with Crippen LogP contribution < -0.4 is 0 Å². The predicted molar refractivity (Wildman–Crippen MR) is 50.6 cm³/mol. The summed E-state index contributed by atoms with van der Waals surface area (Å²) in [4.78, 5) is 4.11. The maximum Gasteiger partial charge on any atom is 0.0327 e. The predicted octanol–water partition coefficient (Wildman–Crippen LogP) is 2.94. The number of hydrogen-bond donors (Lipinski definition) is 0. The van der Waals surface area contributed by atoms with Crippen LogP contribution >= 0.6 is 11.8 Å². The fourth-order valence-electron chi connectivity index (χ4n) is 0.363. The number of rotatable bonds is 2. The van der Waals surface area contributed by atoms with Gasteiger partial charge in [0.15, 0.2) is 0 Å². The lowest BCUT2D eigenvalue weighted by atomic mass is 9.99. The van der Waals surface area contributed by atoms with E-state index in [0.29, 0.717) is 0 Å². The van der Waals surface area contributed by atoms with Gasteiger partial charge in [0.2, 0.25) is 0 Å². The molecule has 0 aromatic carbocycles. The molecule has 0 N–H and O–H groups in total. The zero-order valence-electron chi connectivity index (χ0n) is 7.09. The summed E-state index contributed by atoms with van der Waals surface area (Å²) in [5.74, 6) is 0. The van der Waals surface area contributed by atoms with Crippen molar-refractivity contribution in [1.82, 2.24) is 0 Å². The maximum absolute atomic E-state index is 4.11. The lowest BCUT2D eigenvalue weighted by Crippen LogP contribution is -2.05. The molecule has 0 atom stereocenters. The van der Waals surface area contributed by atoms with Gasteiger partial charge in [-0.3, -0.25) is 4.99 Å². The minimum absolute atomic E-state index is 0.197. The first-order valence-electron chi connectivity index (χ1n) is 3.28. The summed E-state index contributed by atoms with van der Waals surface area (Å²) in [5, 5.41) is 1.96. The topological polar surface area (TPSA) is 12.4 Å². The molecule has 0 aliphatic heterocycles. The molecule has 0 radical (unpaired) electrons. The fourth-order valence-corrected chi connectivity index (χ4v) is 0.555. The zero-order chi connectivity index (χ0) is 8.04. The van der Waals surface area contributed by atoms with E-state index >= 15 is 0 Å². The van der Waals surface area contributed by atoms with Crippen LogP contribution in [-0.2, 0) is 0 Å². The summed E-state index contributed by atoms with van der Waals surface area (Å²) < 4.78 is 0. The molecule has 0 aliphatic rings. The van der Waals surface area contributed by atoms with Crippen LogP contribution in [0.5, 0.6) is 0 Å². The van der Waals surface area contributed by atoms with Crippen molar-refractivity contribution < 1.29 is 0 Å². The second-order valence-electron chi connectivity index (χ2n) is 3.17. The highest BCUT2D eigenvalue weighted by Crippen LogP contribution is 2.08. The van der Waals surface area contributed by atoms with Crippen LogP contribution in [0.4, 0.5) is 0 Å². The van der Waals surface area contributed by atoms with Crippen molar-refractivity contribution in [2.24, 2.45) is 10.4 Å². The minimum atomic E-state index is 0.197. The van der Waals surface area contributed by atoms with Gasteiger partial charge in [-0.1, -0.05) is 20.8 Å². The molecular weight excluding hydrogens is 142 g/mol. The zero-order valence-corrected chi connectivity index (χ0v) is 7.90. The average molecular weight is 157 g/mol. The van der Waals surface area contributed by atoms with Gasteiger partial charge in [0.05, 0.1) is 0 Å². The summed E-state index contributed by atoms with van der Waals surface area (Å²) >= 11 is 1.66. The molecule has 0 fully saturated rings. The Hall–Kier alpha value is -0.240. The van der Waals surface area contributed by atoms with Crippen molar-refractivity contribution in [3.63, 3.8) is 0 Å². The van der Waals surface area contributed by atoms with E-state index in [2.05, 4.69) is 25.8 Å². The number of thioether (sulfide) groups is 1. The summed E-state index contributed by atoms with van der Waals surface area (Å²) in [7, 11) is 0. The summed E-state index contributed by atoms with van der Waals surface area (Å²) in [6.07, 6.45) is 5.78. The molecule has 0 saturated carbocycles. The van der Waals surface area contributed by atoms with Gasteiger partial charge in [0.25, 0.3) is 0 Å². The van der Waals surface area contributed by atoms with Crippen molar-refractivity contribution in [3.8, 4) is 0 Å². The quantitative estimate of drug-likeness (QED) is 0.561. The maximum atomic E-state index is 4.11. The molecule has 1 nitrogen and oxygen atoms in total. The van der Waals surface area contributed by atoms with Crippen LogP contribution in [0.15, 0.2) is 16.6 Å². The molecule has 0 aromatic heterocycles. The number of aliphatic imine (C=N–C) groups is 1. The third-order valence-corrected chi connectivity index (χ3v) is 1.14. The Kier molecular flexibility index (Phi) is 4.45. The van der Waals surface area contributed by atoms with Gasteiger partial charge in [-0.2, -0.15) is 0 Å². The average Bonchev–Trinajstić information content (AvgIpc) is 1.78. The first-order valence-corrected chi connectivity index (χ1v) is 4.57. The van der Waals surface area contributed by atoms with Gasteiger partial charge < -0.3 is 0 Å². The highest BCUT2D eigenvalue weighted by atomic mass is 32.2. The van der Waals surface area contributed by atoms with Crippen LogP contribution in [-0.4, -0.2) is 12.5 Å². The normalized spacial score (nSPS) is 13.6. The highest BCUT2D eigenvalue weighted by Gasteiger charge is 2.03. The van der Waals surface area contributed by atoms with Crippen LogP contribution in [0, 0.1) is 5.41 Å². The van der Waals surface area contributed by atoms with Gasteiger partial charge in [0.1, 0.15) is 0 Å². The van der Waals surface area contributed by atoms with Crippen molar-refractivity contribution in [1.29, 1.82) is 0 Å². The van der Waals surface area contributed by atoms with Crippen LogP contribution in [0.25, 0.3) is 0 Å². The summed E-state index contributed by atoms with van der Waals surface area (Å²) in [5.41, 5.74) is 0.197. The van der Waals surface area contributed by atoms with Crippen molar-refractivity contribution in [3.05, 3.63) is 11.6 Å². The van der Waals surface area contributed by atoms with Gasteiger partial charge in [-0.25, -0.2) is 0 Å². The molecule has 2 heteroatoms. The van der Waals surface area contributed by atoms with Gasteiger partial charge in [-0.15, -0.1) is 11.8 Å². The van der Waals surface area contributed by atoms with E-state index in [1.54, 1.807) is 11.8 Å². The van der Waals surface area contributed by atoms with E-state index in [1.807, 2.05) is 24.1 Å². The van der Waals surface area contributed by atoms with Crippen LogP contribution in [0.3, 0.4) is 0 Å². The lowest BCUT2D eigenvalue weighted by Gasteiger charge is -2.08. The standard InChI is InChI=1S/C8H15NS/c1-8(2,3)7-9-5-6-10-4/h5-7H,1-4H3/b6-5-,9-7+. The third kappa shape index (κ3) is 7.76. The molecule has 0 unspecified atom stereocenters. The molecule has 10 heavy (non-hydrogen) atoms. The monoisotopic (exact) mass is 157 g/mol. The first-order chi connectivity index (χ1) is 4.56. The van der Waals surface area contributed by atoms with Gasteiger partial charge in [0, 0.05) is 12.4 Å². The van der Waals surface area contributed by atoms with E-state index in [9.17, 15) is 0 Å². The molecule has 0 heterocycles. The van der Waals surface area contributed by atoms with E-state index < -0.39 is 0 Å². The SMILES string of the molecule is CS/C=C\N=C\C(C)(C)C. The molecule has 58 valence electrons. The summed E-state index contributed by atoms with van der Waals surface area (Å²) in [6, 6.07) is 0. The Balaban J connectivity index is 3.66. The third-order valence-electron chi connectivity index (χ3n) is 0.745. The van der Waals surface area contributed by atoms with Crippen molar-refractivity contribution in [2.75, 3.05) is 6.26 Å². The second-order valence-corrected chi connectivity index (χ2v) is 3.91. The smallest absolute Gasteiger partial charge is 0.0327 e. The Labute approximate surface area is 67.6 Å². The van der Waals surface area contributed by atoms with E-state index in [1.165, 1.54) is 0 Å². The van der Waals surface area contributed by atoms with Crippen LogP contribution in [0.1, 0.15) is 20.8 Å². The second kappa shape index (κ2) is 4.56. The van der Waals surface area contributed by atoms with Crippen molar-refractivity contribution in [2.45, 2.75) is 20.8 Å². The minimum Gasteiger partial charge on any atom is -0.268 e. The van der Waals surface area contributed by atoms with Gasteiger partial charge in [-0.05, 0) is 17.1 Å². The summed E-state index contributed by atoms with van der Waals surface area (Å²) in [6.45, 7) is 6.39. The fraction of sp³-hybridized carbons (Fsp3) is 0.625. The number of hydrogen-bond acceptors (Lipinski definition) is 2. The van der Waals surface area contributed by atoms with Crippen LogP contribution in [0.2, 0.25) is 0 Å². The lowest BCUT2D eigenvalue weighted by molar-refractivity contribution is 0.607. The largest absolute Gasteiger partial charge is 0.268 e. The molecule has 0 spiro atoms. The molecular formula is C8H15NS. The van der Waals surface area contributed by atoms with Gasteiger partial charge >= 0.3 is 0 Å². The Bertz CT molecular complexity index is 131. The molecule has 0 aromatic rings.